The van der Waals surface area contributed by atoms with Gasteiger partial charge < -0.3 is 10.2 Å². The highest BCUT2D eigenvalue weighted by atomic mass is 16.5. The zero-order valence-electron chi connectivity index (χ0n) is 15.6. The van der Waals surface area contributed by atoms with E-state index >= 15 is 0 Å². The zero-order valence-corrected chi connectivity index (χ0v) is 15.6. The van der Waals surface area contributed by atoms with Gasteiger partial charge in [-0.15, -0.1) is 0 Å². The molecule has 1 aliphatic rings. The highest BCUT2D eigenvalue weighted by molar-refractivity contribution is 5.92. The van der Waals surface area contributed by atoms with E-state index in [-0.39, 0.29) is 11.9 Å². The van der Waals surface area contributed by atoms with Gasteiger partial charge in [-0.05, 0) is 37.5 Å². The summed E-state index contributed by atoms with van der Waals surface area (Å²) in [5.74, 6) is -0.778. The molecule has 1 aromatic carbocycles. The Balaban J connectivity index is 1.60. The number of nitrogens with one attached hydrogen (secondary N) is 2. The molecule has 146 valence electrons. The van der Waals surface area contributed by atoms with Crippen LogP contribution in [-0.4, -0.2) is 46.1 Å². The SMILES string of the molecule is Cc1cnc(C(=O)NC2CCN(c3ccccc3/C=C/C(=O)NO)CC2)cn1. The molecule has 1 fully saturated rings. The minimum Gasteiger partial charge on any atom is -0.371 e. The molecule has 0 radical (unpaired) electrons. The summed E-state index contributed by atoms with van der Waals surface area (Å²) in [6.07, 6.45) is 7.64. The smallest absolute Gasteiger partial charge is 0.271 e. The molecule has 0 atom stereocenters. The number of anilines is 1. The highest BCUT2D eigenvalue weighted by Gasteiger charge is 2.22. The number of aromatic nitrogens is 2. The number of hydrogen-bond acceptors (Lipinski definition) is 6. The number of nitrogens with zero attached hydrogens (tertiary/aromatic N) is 3. The summed E-state index contributed by atoms with van der Waals surface area (Å²) in [5.41, 5.74) is 4.59. The van der Waals surface area contributed by atoms with Crippen molar-refractivity contribution in [3.8, 4) is 0 Å². The van der Waals surface area contributed by atoms with Crippen molar-refractivity contribution < 1.29 is 14.8 Å². The van der Waals surface area contributed by atoms with Gasteiger partial charge in [0.05, 0.1) is 11.9 Å². The van der Waals surface area contributed by atoms with Gasteiger partial charge in [0.1, 0.15) is 5.69 Å². The number of hydroxylamine groups is 1. The Hall–Kier alpha value is -3.26. The number of amides is 2. The zero-order chi connectivity index (χ0) is 19.9. The molecular weight excluding hydrogens is 358 g/mol. The van der Waals surface area contributed by atoms with Crippen LogP contribution in [0, 0.1) is 6.92 Å². The Morgan fingerprint density at radius 2 is 1.93 bits per heavy atom. The summed E-state index contributed by atoms with van der Waals surface area (Å²) in [4.78, 5) is 34.0. The van der Waals surface area contributed by atoms with Gasteiger partial charge >= 0.3 is 0 Å². The molecule has 2 heterocycles. The predicted octanol–water partition coefficient (Wildman–Crippen LogP) is 1.70. The summed E-state index contributed by atoms with van der Waals surface area (Å²) in [7, 11) is 0. The highest BCUT2D eigenvalue weighted by Crippen LogP contribution is 2.25. The van der Waals surface area contributed by atoms with Crippen molar-refractivity contribution >= 4 is 23.6 Å². The topological polar surface area (TPSA) is 107 Å². The third-order valence-corrected chi connectivity index (χ3v) is 4.65. The maximum absolute atomic E-state index is 12.3. The van der Waals surface area contributed by atoms with Crippen molar-refractivity contribution in [2.75, 3.05) is 18.0 Å². The van der Waals surface area contributed by atoms with Crippen molar-refractivity contribution in [2.24, 2.45) is 0 Å². The second-order valence-electron chi connectivity index (χ2n) is 6.65. The summed E-state index contributed by atoms with van der Waals surface area (Å²) >= 11 is 0. The van der Waals surface area contributed by atoms with E-state index in [4.69, 9.17) is 5.21 Å². The van der Waals surface area contributed by atoms with Crippen molar-refractivity contribution in [3.63, 3.8) is 0 Å². The maximum Gasteiger partial charge on any atom is 0.271 e. The molecule has 0 spiro atoms. The number of piperidine rings is 1. The third kappa shape index (κ3) is 4.92. The molecule has 2 aromatic rings. The molecule has 0 aliphatic carbocycles. The summed E-state index contributed by atoms with van der Waals surface area (Å²) in [5, 5.41) is 11.6. The molecular formula is C20H23N5O3. The van der Waals surface area contributed by atoms with Gasteiger partial charge in [0.2, 0.25) is 0 Å². The van der Waals surface area contributed by atoms with Crippen LogP contribution in [0.5, 0.6) is 0 Å². The molecule has 3 rings (SSSR count). The summed E-state index contributed by atoms with van der Waals surface area (Å²) in [6.45, 7) is 3.39. The average Bonchev–Trinajstić information content (AvgIpc) is 2.73. The van der Waals surface area contributed by atoms with E-state index in [9.17, 15) is 9.59 Å². The molecule has 3 N–H and O–H groups in total. The lowest BCUT2D eigenvalue weighted by molar-refractivity contribution is -0.124. The first-order valence-electron chi connectivity index (χ1n) is 9.12. The van der Waals surface area contributed by atoms with Crippen LogP contribution < -0.4 is 15.7 Å². The molecule has 28 heavy (non-hydrogen) atoms. The van der Waals surface area contributed by atoms with Gasteiger partial charge in [-0.3, -0.25) is 19.8 Å². The monoisotopic (exact) mass is 381 g/mol. The largest absolute Gasteiger partial charge is 0.371 e. The molecule has 1 saturated heterocycles. The van der Waals surface area contributed by atoms with Gasteiger partial charge in [-0.2, -0.15) is 0 Å². The van der Waals surface area contributed by atoms with Gasteiger partial charge in [-0.1, -0.05) is 18.2 Å². The van der Waals surface area contributed by atoms with E-state index in [2.05, 4.69) is 20.2 Å². The number of carbonyl (C=O) groups excluding carboxylic acids is 2. The minimum absolute atomic E-state index is 0.0784. The molecule has 1 aliphatic heterocycles. The lowest BCUT2D eigenvalue weighted by atomic mass is 10.0. The quantitative estimate of drug-likeness (QED) is 0.413. The molecule has 1 aromatic heterocycles. The number of benzene rings is 1. The fourth-order valence-electron chi connectivity index (χ4n) is 3.15. The average molecular weight is 381 g/mol. The Morgan fingerprint density at radius 3 is 2.61 bits per heavy atom. The van der Waals surface area contributed by atoms with Gasteiger partial charge in [0.25, 0.3) is 11.8 Å². The summed E-state index contributed by atoms with van der Waals surface area (Å²) < 4.78 is 0. The van der Waals surface area contributed by atoms with Gasteiger partial charge in [0, 0.05) is 37.1 Å². The molecule has 0 unspecified atom stereocenters. The van der Waals surface area contributed by atoms with Crippen molar-refractivity contribution in [1.82, 2.24) is 20.8 Å². The first-order valence-corrected chi connectivity index (χ1v) is 9.12. The van der Waals surface area contributed by atoms with Crippen LogP contribution in [0.25, 0.3) is 6.08 Å². The maximum atomic E-state index is 12.3. The van der Waals surface area contributed by atoms with Crippen molar-refractivity contribution in [1.29, 1.82) is 0 Å². The van der Waals surface area contributed by atoms with Crippen LogP contribution in [0.15, 0.2) is 42.7 Å². The molecule has 2 amide bonds. The van der Waals surface area contributed by atoms with Gasteiger partial charge in [0.15, 0.2) is 0 Å². The lowest BCUT2D eigenvalue weighted by Gasteiger charge is -2.34. The molecule has 0 bridgehead atoms. The third-order valence-electron chi connectivity index (χ3n) is 4.65. The first-order chi connectivity index (χ1) is 13.6. The van der Waals surface area contributed by atoms with E-state index in [1.165, 1.54) is 12.3 Å². The second-order valence-corrected chi connectivity index (χ2v) is 6.65. The number of rotatable bonds is 5. The van der Waals surface area contributed by atoms with Crippen LogP contribution in [0.4, 0.5) is 5.69 Å². The lowest BCUT2D eigenvalue weighted by Crippen LogP contribution is -2.45. The molecule has 8 heteroatoms. The predicted molar refractivity (Wildman–Crippen MR) is 105 cm³/mol. The molecule has 8 nitrogen and oxygen atoms in total. The van der Waals surface area contributed by atoms with Crippen LogP contribution in [0.1, 0.15) is 34.6 Å². The Labute approximate surface area is 163 Å². The van der Waals surface area contributed by atoms with Crippen LogP contribution in [0.3, 0.4) is 0 Å². The van der Waals surface area contributed by atoms with Crippen molar-refractivity contribution in [3.05, 3.63) is 59.7 Å². The number of carbonyl (C=O) groups is 2. The first kappa shape index (κ1) is 19.5. The van der Waals surface area contributed by atoms with E-state index in [0.717, 1.165) is 42.9 Å². The molecule has 0 saturated carbocycles. The standard InChI is InChI=1S/C20H23N5O3/c1-14-12-22-17(13-21-14)20(27)23-16-8-10-25(11-9-16)18-5-3-2-4-15(18)6-7-19(26)24-28/h2-7,12-13,16,28H,8-11H2,1H3,(H,23,27)(H,24,26)/b7-6+. The van der Waals surface area contributed by atoms with Gasteiger partial charge in [-0.25, -0.2) is 10.5 Å². The van der Waals surface area contributed by atoms with Crippen molar-refractivity contribution in [2.45, 2.75) is 25.8 Å². The van der Waals surface area contributed by atoms with E-state index in [0.29, 0.717) is 5.69 Å². The Morgan fingerprint density at radius 1 is 1.18 bits per heavy atom. The minimum atomic E-state index is -0.574. The second kappa shape index (κ2) is 9.09. The normalized spacial score (nSPS) is 14.9. The van der Waals surface area contributed by atoms with E-state index in [1.807, 2.05) is 31.2 Å². The Kier molecular flexibility index (Phi) is 6.33. The Bertz CT molecular complexity index is 858. The van der Waals surface area contributed by atoms with E-state index in [1.54, 1.807) is 17.8 Å². The number of aryl methyl sites for hydroxylation is 1. The van der Waals surface area contributed by atoms with Crippen LogP contribution >= 0.6 is 0 Å². The fourth-order valence-corrected chi connectivity index (χ4v) is 3.15. The number of para-hydroxylation sites is 1. The van der Waals surface area contributed by atoms with Crippen LogP contribution in [0.2, 0.25) is 0 Å². The van der Waals surface area contributed by atoms with E-state index < -0.39 is 5.91 Å². The fraction of sp³-hybridized carbons (Fsp3) is 0.300. The number of hydrogen-bond donors (Lipinski definition) is 3. The van der Waals surface area contributed by atoms with Crippen LogP contribution in [-0.2, 0) is 4.79 Å². The summed E-state index contributed by atoms with van der Waals surface area (Å²) in [6, 6.07) is 7.84.